The first-order valence-electron chi connectivity index (χ1n) is 8.29. The summed E-state index contributed by atoms with van der Waals surface area (Å²) in [7, 11) is 0. The molecule has 0 fully saturated rings. The number of pyridine rings is 1. The number of rotatable bonds is 4. The van der Waals surface area contributed by atoms with Crippen LogP contribution >= 0.6 is 11.8 Å². The first-order valence-corrected chi connectivity index (χ1v) is 9.10. The number of hydrogen-bond acceptors (Lipinski definition) is 4. The number of halogens is 2. The van der Waals surface area contributed by atoms with Gasteiger partial charge < -0.3 is 10.1 Å². The quantitative estimate of drug-likeness (QED) is 0.229. The van der Waals surface area contributed by atoms with Gasteiger partial charge in [-0.15, -0.1) is 12.1 Å². The fourth-order valence-electron chi connectivity index (χ4n) is 2.17. The molecule has 154 valence electrons. The van der Waals surface area contributed by atoms with Crippen molar-refractivity contribution < 1.29 is 39.7 Å². The molecule has 7 heteroatoms. The van der Waals surface area contributed by atoms with Crippen molar-refractivity contribution in [3.63, 3.8) is 0 Å². The Bertz CT molecular complexity index is 978. The van der Waals surface area contributed by atoms with Gasteiger partial charge in [-0.2, -0.15) is 0 Å². The molecule has 1 N–H and O–H groups in total. The standard InChI is InChI=1S/C17H10F2NS.C5H8O2.Pt/c18-12-6-7-15(16(19)10-12)17-11-14(8-9-20-17)21-13-4-2-1-3-5-13;1-4(6)3-5(2)7;/h1-6,8-11H;3,6H,1-2H3;/q-1;;/b;4-3-;. The van der Waals surface area contributed by atoms with Crippen LogP contribution in [0.15, 0.2) is 82.4 Å². The average Bonchev–Trinajstić information content (AvgIpc) is 2.62. The summed E-state index contributed by atoms with van der Waals surface area (Å²) in [5, 5.41) is 8.36. The first-order chi connectivity index (χ1) is 13.3. The summed E-state index contributed by atoms with van der Waals surface area (Å²) in [6.45, 7) is 2.85. The van der Waals surface area contributed by atoms with Gasteiger partial charge in [0, 0.05) is 54.8 Å². The molecule has 0 saturated carbocycles. The smallest absolute Gasteiger partial charge is 0.155 e. The van der Waals surface area contributed by atoms with Gasteiger partial charge >= 0.3 is 0 Å². The number of benzene rings is 2. The van der Waals surface area contributed by atoms with E-state index >= 15 is 0 Å². The molecule has 0 aliphatic carbocycles. The SMILES string of the molecule is CC(=O)/C=C(/C)O.Fc1c[c-]c(-c2cc(Sc3ccccc3)ccn2)c(F)c1.[Pt]. The van der Waals surface area contributed by atoms with E-state index in [0.717, 1.165) is 21.9 Å². The molecule has 2 aromatic carbocycles. The normalized spacial score (nSPS) is 10.4. The third kappa shape index (κ3) is 8.71. The van der Waals surface area contributed by atoms with Crippen LogP contribution in [0, 0.1) is 17.7 Å². The van der Waals surface area contributed by atoms with E-state index in [4.69, 9.17) is 5.11 Å². The van der Waals surface area contributed by atoms with E-state index in [1.54, 1.807) is 24.0 Å². The Labute approximate surface area is 187 Å². The van der Waals surface area contributed by atoms with Crippen molar-refractivity contribution >= 4 is 17.5 Å². The Morgan fingerprint density at radius 2 is 1.79 bits per heavy atom. The molecule has 0 unspecified atom stereocenters. The van der Waals surface area contributed by atoms with Crippen molar-refractivity contribution in [2.75, 3.05) is 0 Å². The number of hydrogen-bond donors (Lipinski definition) is 1. The molecule has 29 heavy (non-hydrogen) atoms. The van der Waals surface area contributed by atoms with Gasteiger partial charge in [0.15, 0.2) is 5.78 Å². The third-order valence-corrected chi connectivity index (χ3v) is 4.23. The zero-order valence-electron chi connectivity index (χ0n) is 15.6. The second-order valence-corrected chi connectivity index (χ2v) is 6.88. The average molecular weight is 594 g/mol. The summed E-state index contributed by atoms with van der Waals surface area (Å²) in [5.74, 6) is -1.37. The minimum atomic E-state index is -0.663. The van der Waals surface area contributed by atoms with Crippen LogP contribution in [0.4, 0.5) is 8.78 Å². The van der Waals surface area contributed by atoms with Gasteiger partial charge in [-0.05, 0) is 37.7 Å². The molecule has 3 nitrogen and oxygen atoms in total. The predicted molar refractivity (Wildman–Crippen MR) is 106 cm³/mol. The molecule has 0 atom stereocenters. The van der Waals surface area contributed by atoms with E-state index in [1.165, 1.54) is 19.9 Å². The van der Waals surface area contributed by atoms with Crippen LogP contribution in [0.5, 0.6) is 0 Å². The van der Waals surface area contributed by atoms with Crippen LogP contribution in [0.2, 0.25) is 0 Å². The molecule has 0 aliphatic heterocycles. The Balaban J connectivity index is 0.000000456. The molecular formula is C22H18F2NO2PtS-. The van der Waals surface area contributed by atoms with Crippen molar-refractivity contribution in [1.82, 2.24) is 4.98 Å². The topological polar surface area (TPSA) is 50.2 Å². The monoisotopic (exact) mass is 593 g/mol. The second-order valence-electron chi connectivity index (χ2n) is 5.73. The Morgan fingerprint density at radius 1 is 1.10 bits per heavy atom. The second kappa shape index (κ2) is 12.3. The Kier molecular flexibility index (Phi) is 10.5. The van der Waals surface area contributed by atoms with Crippen LogP contribution < -0.4 is 0 Å². The number of carbonyl (C=O) groups excluding carboxylic acids is 1. The van der Waals surface area contributed by atoms with Gasteiger partial charge in [-0.1, -0.05) is 47.7 Å². The van der Waals surface area contributed by atoms with Crippen LogP contribution in [-0.4, -0.2) is 15.9 Å². The number of allylic oxidation sites excluding steroid dienone is 2. The molecule has 0 radical (unpaired) electrons. The molecule has 0 aliphatic rings. The van der Waals surface area contributed by atoms with Crippen molar-refractivity contribution in [3.05, 3.63) is 90.3 Å². The molecule has 0 bridgehead atoms. The molecule has 3 aromatic rings. The molecule has 0 saturated heterocycles. The summed E-state index contributed by atoms with van der Waals surface area (Å²) < 4.78 is 26.7. The van der Waals surface area contributed by atoms with E-state index in [2.05, 4.69) is 11.1 Å². The first kappa shape index (κ1) is 24.7. The van der Waals surface area contributed by atoms with E-state index in [1.807, 2.05) is 36.4 Å². The maximum atomic E-state index is 13.8. The van der Waals surface area contributed by atoms with Gasteiger partial charge in [-0.3, -0.25) is 13.6 Å². The fourth-order valence-corrected chi connectivity index (χ4v) is 3.04. The van der Waals surface area contributed by atoms with E-state index in [0.29, 0.717) is 5.69 Å². The van der Waals surface area contributed by atoms with E-state index in [9.17, 15) is 13.6 Å². The van der Waals surface area contributed by atoms with Gasteiger partial charge in [0.25, 0.3) is 0 Å². The number of ketones is 1. The van der Waals surface area contributed by atoms with E-state index in [-0.39, 0.29) is 38.2 Å². The van der Waals surface area contributed by atoms with Crippen LogP contribution in [0.3, 0.4) is 0 Å². The van der Waals surface area contributed by atoms with Crippen molar-refractivity contribution in [3.8, 4) is 11.3 Å². The largest absolute Gasteiger partial charge is 0.512 e. The predicted octanol–water partition coefficient (Wildman–Crippen LogP) is 6.01. The number of carbonyl (C=O) groups is 1. The molecule has 0 amide bonds. The maximum Gasteiger partial charge on any atom is 0.155 e. The molecule has 0 spiro atoms. The summed E-state index contributed by atoms with van der Waals surface area (Å²) in [6, 6.07) is 18.0. The minimum absolute atomic E-state index is 0. The van der Waals surface area contributed by atoms with Crippen LogP contribution in [-0.2, 0) is 25.9 Å². The minimum Gasteiger partial charge on any atom is -0.512 e. The number of aliphatic hydroxyl groups is 1. The number of nitrogens with zero attached hydrogens (tertiary/aromatic N) is 1. The zero-order valence-corrected chi connectivity index (χ0v) is 18.7. The maximum absolute atomic E-state index is 13.8. The van der Waals surface area contributed by atoms with Crippen molar-refractivity contribution in [1.29, 1.82) is 0 Å². The molecule has 1 aromatic heterocycles. The summed E-state index contributed by atoms with van der Waals surface area (Å²) in [5.41, 5.74) is 0.611. The third-order valence-electron chi connectivity index (χ3n) is 3.24. The molecular weight excluding hydrogens is 575 g/mol. The van der Waals surface area contributed by atoms with E-state index < -0.39 is 11.6 Å². The van der Waals surface area contributed by atoms with Gasteiger partial charge in [0.05, 0.1) is 5.76 Å². The summed E-state index contributed by atoms with van der Waals surface area (Å²) in [6.07, 6.45) is 2.78. The summed E-state index contributed by atoms with van der Waals surface area (Å²) >= 11 is 1.56. The summed E-state index contributed by atoms with van der Waals surface area (Å²) in [4.78, 5) is 16.2. The number of aromatic nitrogens is 1. The van der Waals surface area contributed by atoms with Gasteiger partial charge in [0.2, 0.25) is 0 Å². The zero-order chi connectivity index (χ0) is 20.5. The van der Waals surface area contributed by atoms with Crippen molar-refractivity contribution in [2.24, 2.45) is 0 Å². The van der Waals surface area contributed by atoms with Crippen LogP contribution in [0.25, 0.3) is 11.3 Å². The van der Waals surface area contributed by atoms with Crippen LogP contribution in [0.1, 0.15) is 13.8 Å². The fraction of sp³-hybridized carbons (Fsp3) is 0.0909. The Morgan fingerprint density at radius 3 is 2.34 bits per heavy atom. The van der Waals surface area contributed by atoms with Gasteiger partial charge in [0.1, 0.15) is 0 Å². The Hall–Kier alpha value is -2.30. The van der Waals surface area contributed by atoms with Gasteiger partial charge in [-0.25, -0.2) is 0 Å². The number of aliphatic hydroxyl groups excluding tert-OH is 1. The molecule has 3 rings (SSSR count). The molecule has 1 heterocycles. The van der Waals surface area contributed by atoms with Crippen molar-refractivity contribution in [2.45, 2.75) is 23.6 Å².